The Kier molecular flexibility index (Phi) is 50.0. The number of esters is 2. The maximum atomic E-state index is 12.8. The SMILES string of the molecule is CC/C=C\C/C=C\C/C=C\C/C=C\C/C=C\CCCCCC(=O)OCC(COCCCCCCCC/C=C\CCCCCC)OC(=O)CCCCCCC/C=C\CCCCCC. The molecule has 0 saturated carbocycles. The van der Waals surface area contributed by atoms with Gasteiger partial charge in [0.25, 0.3) is 0 Å². The Hall–Kier alpha value is -2.92. The molecule has 0 N–H and O–H groups in total. The first-order valence-electron chi connectivity index (χ1n) is 26.1. The molecule has 62 heavy (non-hydrogen) atoms. The lowest BCUT2D eigenvalue weighted by Gasteiger charge is -2.18. The van der Waals surface area contributed by atoms with Crippen LogP contribution >= 0.6 is 0 Å². The van der Waals surface area contributed by atoms with Gasteiger partial charge in [-0.15, -0.1) is 0 Å². The molecule has 1 atom stereocenters. The molecule has 0 spiro atoms. The van der Waals surface area contributed by atoms with Crippen LogP contribution in [-0.2, 0) is 23.8 Å². The summed E-state index contributed by atoms with van der Waals surface area (Å²) in [6.45, 7) is 7.64. The Morgan fingerprint density at radius 1 is 0.371 bits per heavy atom. The molecule has 0 aromatic heterocycles. The lowest BCUT2D eigenvalue weighted by Crippen LogP contribution is -2.30. The standard InChI is InChI=1S/C57H98O5/c1-4-7-10-13-16-19-22-25-27-28-29-30-31-33-35-38-41-44-47-50-56(58)61-54-55(53-60-52-49-46-43-40-37-34-26-23-20-17-14-11-8-5-2)62-57(59)51-48-45-42-39-36-32-24-21-18-15-12-9-6-3/h7,10,16,19-21,23-25,27,29-30,33,35,55H,4-6,8-9,11-15,17-18,22,26,28,31-32,34,36-54H2,1-3H3/b10-7-,19-16-,23-20-,24-21-,27-25-,30-29-,35-33-. The third kappa shape index (κ3) is 49.7. The molecule has 0 aromatic carbocycles. The summed E-state index contributed by atoms with van der Waals surface area (Å²) < 4.78 is 17.4. The Bertz CT molecular complexity index is 1160. The second kappa shape index (κ2) is 52.4. The topological polar surface area (TPSA) is 61.8 Å². The summed E-state index contributed by atoms with van der Waals surface area (Å²) in [6.07, 6.45) is 68.7. The van der Waals surface area contributed by atoms with Gasteiger partial charge in [0.15, 0.2) is 6.10 Å². The van der Waals surface area contributed by atoms with Gasteiger partial charge in [-0.3, -0.25) is 9.59 Å². The van der Waals surface area contributed by atoms with E-state index in [9.17, 15) is 9.59 Å². The number of unbranched alkanes of at least 4 members (excludes halogenated alkanes) is 22. The first kappa shape index (κ1) is 59.1. The van der Waals surface area contributed by atoms with E-state index in [1.54, 1.807) is 0 Å². The fourth-order valence-electron chi connectivity index (χ4n) is 7.00. The fraction of sp³-hybridized carbons (Fsp3) is 0.719. The van der Waals surface area contributed by atoms with Crippen molar-refractivity contribution in [2.75, 3.05) is 19.8 Å². The van der Waals surface area contributed by atoms with Crippen LogP contribution in [0.4, 0.5) is 0 Å². The summed E-state index contributed by atoms with van der Waals surface area (Å²) in [7, 11) is 0. The van der Waals surface area contributed by atoms with Gasteiger partial charge in [0.1, 0.15) is 6.61 Å². The lowest BCUT2D eigenvalue weighted by atomic mass is 10.1. The van der Waals surface area contributed by atoms with Gasteiger partial charge in [0, 0.05) is 19.4 Å². The third-order valence-corrected chi connectivity index (χ3v) is 10.9. The highest BCUT2D eigenvalue weighted by molar-refractivity contribution is 5.70. The van der Waals surface area contributed by atoms with Gasteiger partial charge in [-0.1, -0.05) is 196 Å². The average Bonchev–Trinajstić information content (AvgIpc) is 3.27. The van der Waals surface area contributed by atoms with E-state index in [4.69, 9.17) is 14.2 Å². The number of rotatable bonds is 47. The molecular weight excluding hydrogens is 765 g/mol. The summed E-state index contributed by atoms with van der Waals surface area (Å²) in [5.74, 6) is -0.447. The maximum Gasteiger partial charge on any atom is 0.306 e. The van der Waals surface area contributed by atoms with Crippen LogP contribution < -0.4 is 0 Å². The van der Waals surface area contributed by atoms with Crippen molar-refractivity contribution >= 4 is 11.9 Å². The molecule has 0 saturated heterocycles. The highest BCUT2D eigenvalue weighted by Crippen LogP contribution is 2.13. The van der Waals surface area contributed by atoms with Crippen LogP contribution in [0.1, 0.15) is 239 Å². The zero-order valence-corrected chi connectivity index (χ0v) is 40.9. The Labute approximate surface area is 384 Å². The highest BCUT2D eigenvalue weighted by atomic mass is 16.6. The van der Waals surface area contributed by atoms with Crippen molar-refractivity contribution in [2.45, 2.75) is 245 Å². The van der Waals surface area contributed by atoms with Gasteiger partial charge in [-0.2, -0.15) is 0 Å². The van der Waals surface area contributed by atoms with Crippen LogP contribution in [0, 0.1) is 0 Å². The predicted octanol–water partition coefficient (Wildman–Crippen LogP) is 17.7. The number of hydrogen-bond donors (Lipinski definition) is 0. The molecule has 0 aliphatic rings. The molecular formula is C57H98O5. The van der Waals surface area contributed by atoms with Crippen molar-refractivity contribution in [3.63, 3.8) is 0 Å². The third-order valence-electron chi connectivity index (χ3n) is 10.9. The summed E-state index contributed by atoms with van der Waals surface area (Å²) in [5.41, 5.74) is 0. The Morgan fingerprint density at radius 3 is 1.19 bits per heavy atom. The van der Waals surface area contributed by atoms with E-state index in [-0.39, 0.29) is 25.2 Å². The highest BCUT2D eigenvalue weighted by Gasteiger charge is 2.17. The summed E-state index contributed by atoms with van der Waals surface area (Å²) >= 11 is 0. The van der Waals surface area contributed by atoms with E-state index in [2.05, 4.69) is 106 Å². The van der Waals surface area contributed by atoms with E-state index < -0.39 is 6.10 Å². The molecule has 0 bridgehead atoms. The Balaban J connectivity index is 4.34. The smallest absolute Gasteiger partial charge is 0.306 e. The van der Waals surface area contributed by atoms with Crippen LogP contribution in [0.2, 0.25) is 0 Å². The molecule has 0 aliphatic carbocycles. The van der Waals surface area contributed by atoms with Crippen molar-refractivity contribution in [3.8, 4) is 0 Å². The number of carbonyl (C=O) groups excluding carboxylic acids is 2. The molecule has 0 heterocycles. The second-order valence-electron chi connectivity index (χ2n) is 17.0. The number of carbonyl (C=O) groups is 2. The minimum absolute atomic E-state index is 0.0594. The maximum absolute atomic E-state index is 12.8. The number of hydrogen-bond acceptors (Lipinski definition) is 5. The van der Waals surface area contributed by atoms with Gasteiger partial charge < -0.3 is 14.2 Å². The van der Waals surface area contributed by atoms with Gasteiger partial charge in [-0.25, -0.2) is 0 Å². The van der Waals surface area contributed by atoms with Gasteiger partial charge in [-0.05, 0) is 116 Å². The average molecular weight is 863 g/mol. The fourth-order valence-corrected chi connectivity index (χ4v) is 7.00. The van der Waals surface area contributed by atoms with E-state index in [1.807, 2.05) is 0 Å². The summed E-state index contributed by atoms with van der Waals surface area (Å²) in [6, 6.07) is 0. The molecule has 0 fully saturated rings. The van der Waals surface area contributed by atoms with Crippen molar-refractivity contribution in [2.24, 2.45) is 0 Å². The largest absolute Gasteiger partial charge is 0.462 e. The number of ether oxygens (including phenoxy) is 3. The van der Waals surface area contributed by atoms with Gasteiger partial charge in [0.2, 0.25) is 0 Å². The molecule has 0 amide bonds. The van der Waals surface area contributed by atoms with E-state index in [1.165, 1.54) is 109 Å². The molecule has 356 valence electrons. The minimum atomic E-state index is -0.560. The summed E-state index contributed by atoms with van der Waals surface area (Å²) in [5, 5.41) is 0. The van der Waals surface area contributed by atoms with Crippen LogP contribution in [0.3, 0.4) is 0 Å². The monoisotopic (exact) mass is 863 g/mol. The van der Waals surface area contributed by atoms with Crippen LogP contribution in [-0.4, -0.2) is 37.9 Å². The Morgan fingerprint density at radius 2 is 0.726 bits per heavy atom. The first-order chi connectivity index (χ1) is 30.6. The number of allylic oxidation sites excluding steroid dienone is 14. The normalized spacial score (nSPS) is 12.9. The van der Waals surface area contributed by atoms with Crippen LogP contribution in [0.15, 0.2) is 85.1 Å². The first-order valence-corrected chi connectivity index (χ1v) is 26.1. The molecule has 0 rings (SSSR count). The van der Waals surface area contributed by atoms with Crippen LogP contribution in [0.25, 0.3) is 0 Å². The van der Waals surface area contributed by atoms with Gasteiger partial charge >= 0.3 is 11.9 Å². The van der Waals surface area contributed by atoms with Crippen LogP contribution in [0.5, 0.6) is 0 Å². The molecule has 5 heteroatoms. The van der Waals surface area contributed by atoms with Crippen molar-refractivity contribution in [1.82, 2.24) is 0 Å². The molecule has 0 radical (unpaired) electrons. The predicted molar refractivity (Wildman–Crippen MR) is 270 cm³/mol. The zero-order chi connectivity index (χ0) is 44.9. The quantitative estimate of drug-likeness (QED) is 0.0346. The summed E-state index contributed by atoms with van der Waals surface area (Å²) in [4.78, 5) is 25.4. The van der Waals surface area contributed by atoms with Crippen molar-refractivity contribution in [1.29, 1.82) is 0 Å². The van der Waals surface area contributed by atoms with Gasteiger partial charge in [0.05, 0.1) is 6.61 Å². The molecule has 0 aromatic rings. The lowest BCUT2D eigenvalue weighted by molar-refractivity contribution is -0.163. The zero-order valence-electron chi connectivity index (χ0n) is 40.9. The van der Waals surface area contributed by atoms with Crippen molar-refractivity contribution < 1.29 is 23.8 Å². The van der Waals surface area contributed by atoms with E-state index in [0.717, 1.165) is 96.3 Å². The molecule has 5 nitrogen and oxygen atoms in total. The minimum Gasteiger partial charge on any atom is -0.462 e. The molecule has 0 aliphatic heterocycles. The van der Waals surface area contributed by atoms with Crippen molar-refractivity contribution in [3.05, 3.63) is 85.1 Å². The molecule has 1 unspecified atom stereocenters. The second-order valence-corrected chi connectivity index (χ2v) is 17.0. The van der Waals surface area contributed by atoms with E-state index >= 15 is 0 Å². The van der Waals surface area contributed by atoms with E-state index in [0.29, 0.717) is 19.4 Å².